The standard InChI is InChI=1S/C12H18N2O2S/c1-17(15,16)9-10-6-7-14(8-10)12-5-3-2-4-11(12)13/h2-5,10H,6-9,13H2,1H3. The topological polar surface area (TPSA) is 63.4 Å². The molecule has 2 N–H and O–H groups in total. The molecule has 1 aromatic carbocycles. The van der Waals surface area contributed by atoms with E-state index in [0.717, 1.165) is 30.9 Å². The highest BCUT2D eigenvalue weighted by Crippen LogP contribution is 2.28. The lowest BCUT2D eigenvalue weighted by Gasteiger charge is -2.20. The molecule has 0 amide bonds. The SMILES string of the molecule is CS(=O)(=O)CC1CCN(c2ccccc2N)C1. The van der Waals surface area contributed by atoms with Crippen molar-refractivity contribution >= 4 is 21.2 Å². The van der Waals surface area contributed by atoms with Crippen molar-refractivity contribution in [2.24, 2.45) is 5.92 Å². The van der Waals surface area contributed by atoms with Gasteiger partial charge >= 0.3 is 0 Å². The van der Waals surface area contributed by atoms with Crippen LogP contribution < -0.4 is 10.6 Å². The van der Waals surface area contributed by atoms with Crippen LogP contribution >= 0.6 is 0 Å². The second-order valence-electron chi connectivity index (χ2n) is 4.75. The molecule has 17 heavy (non-hydrogen) atoms. The van der Waals surface area contributed by atoms with E-state index in [-0.39, 0.29) is 11.7 Å². The number of hydrogen-bond acceptors (Lipinski definition) is 4. The first-order chi connectivity index (χ1) is 7.96. The van der Waals surface area contributed by atoms with Crippen LogP contribution in [0.2, 0.25) is 0 Å². The molecule has 1 aliphatic heterocycles. The monoisotopic (exact) mass is 254 g/mol. The van der Waals surface area contributed by atoms with Gasteiger partial charge < -0.3 is 10.6 Å². The molecule has 0 aliphatic carbocycles. The third-order valence-corrected chi connectivity index (χ3v) is 4.18. The molecule has 0 saturated carbocycles. The molecule has 1 fully saturated rings. The summed E-state index contributed by atoms with van der Waals surface area (Å²) >= 11 is 0. The van der Waals surface area contributed by atoms with E-state index in [9.17, 15) is 8.42 Å². The van der Waals surface area contributed by atoms with Gasteiger partial charge in [-0.25, -0.2) is 8.42 Å². The van der Waals surface area contributed by atoms with Crippen molar-refractivity contribution in [3.05, 3.63) is 24.3 Å². The van der Waals surface area contributed by atoms with Crippen molar-refractivity contribution in [3.8, 4) is 0 Å². The second-order valence-corrected chi connectivity index (χ2v) is 6.94. The van der Waals surface area contributed by atoms with E-state index in [4.69, 9.17) is 5.73 Å². The van der Waals surface area contributed by atoms with Gasteiger partial charge in [-0.3, -0.25) is 0 Å². The van der Waals surface area contributed by atoms with Crippen LogP contribution in [0.5, 0.6) is 0 Å². The normalized spacial score (nSPS) is 20.8. The predicted molar refractivity (Wildman–Crippen MR) is 70.9 cm³/mol. The maximum absolute atomic E-state index is 11.3. The lowest BCUT2D eigenvalue weighted by atomic mass is 10.2. The number of nitrogens with two attached hydrogens (primary N) is 1. The number of hydrogen-bond donors (Lipinski definition) is 1. The van der Waals surface area contributed by atoms with Crippen molar-refractivity contribution in [2.45, 2.75) is 6.42 Å². The van der Waals surface area contributed by atoms with Gasteiger partial charge in [-0.1, -0.05) is 12.1 Å². The number of nitrogen functional groups attached to an aromatic ring is 1. The molecule has 1 aromatic rings. The molecule has 5 heteroatoms. The summed E-state index contributed by atoms with van der Waals surface area (Å²) in [5.41, 5.74) is 7.69. The van der Waals surface area contributed by atoms with Crippen LogP contribution in [0.4, 0.5) is 11.4 Å². The molecule has 0 bridgehead atoms. The minimum atomic E-state index is -2.88. The average Bonchev–Trinajstić information content (AvgIpc) is 2.64. The predicted octanol–water partition coefficient (Wildman–Crippen LogP) is 1.14. The minimum Gasteiger partial charge on any atom is -0.397 e. The van der Waals surface area contributed by atoms with Crippen molar-refractivity contribution in [2.75, 3.05) is 35.7 Å². The number of rotatable bonds is 3. The molecule has 1 unspecified atom stereocenters. The lowest BCUT2D eigenvalue weighted by Crippen LogP contribution is -2.23. The summed E-state index contributed by atoms with van der Waals surface area (Å²) in [5.74, 6) is 0.501. The van der Waals surface area contributed by atoms with Crippen LogP contribution in [0.15, 0.2) is 24.3 Å². The van der Waals surface area contributed by atoms with Crippen LogP contribution in [-0.4, -0.2) is 33.5 Å². The highest BCUT2D eigenvalue weighted by molar-refractivity contribution is 7.90. The van der Waals surface area contributed by atoms with Crippen molar-refractivity contribution < 1.29 is 8.42 Å². The molecule has 1 saturated heterocycles. The molecule has 1 heterocycles. The number of sulfone groups is 1. The summed E-state index contributed by atoms with van der Waals surface area (Å²) in [6.45, 7) is 1.66. The van der Waals surface area contributed by atoms with Gasteiger partial charge in [0.25, 0.3) is 0 Å². The summed E-state index contributed by atoms with van der Waals surface area (Å²) in [7, 11) is -2.88. The summed E-state index contributed by atoms with van der Waals surface area (Å²) in [6.07, 6.45) is 2.22. The number of nitrogens with zero attached hydrogens (tertiary/aromatic N) is 1. The van der Waals surface area contributed by atoms with Crippen LogP contribution in [-0.2, 0) is 9.84 Å². The fourth-order valence-electron chi connectivity index (χ4n) is 2.39. The van der Waals surface area contributed by atoms with Gasteiger partial charge in [-0.15, -0.1) is 0 Å². The zero-order chi connectivity index (χ0) is 12.5. The van der Waals surface area contributed by atoms with Crippen LogP contribution in [0.1, 0.15) is 6.42 Å². The first-order valence-electron chi connectivity index (χ1n) is 5.73. The zero-order valence-electron chi connectivity index (χ0n) is 9.96. The Morgan fingerprint density at radius 3 is 2.76 bits per heavy atom. The maximum Gasteiger partial charge on any atom is 0.147 e. The fraction of sp³-hybridized carbons (Fsp3) is 0.500. The van der Waals surface area contributed by atoms with E-state index in [0.29, 0.717) is 0 Å². The number of benzene rings is 1. The Kier molecular flexibility index (Phi) is 3.28. The van der Waals surface area contributed by atoms with Crippen molar-refractivity contribution in [1.82, 2.24) is 0 Å². The van der Waals surface area contributed by atoms with E-state index in [1.54, 1.807) is 0 Å². The van der Waals surface area contributed by atoms with E-state index >= 15 is 0 Å². The Morgan fingerprint density at radius 1 is 1.41 bits per heavy atom. The minimum absolute atomic E-state index is 0.226. The van der Waals surface area contributed by atoms with Gasteiger partial charge in [-0.05, 0) is 24.5 Å². The smallest absolute Gasteiger partial charge is 0.147 e. The maximum atomic E-state index is 11.3. The molecular weight excluding hydrogens is 236 g/mol. The Balaban J connectivity index is 2.06. The zero-order valence-corrected chi connectivity index (χ0v) is 10.8. The van der Waals surface area contributed by atoms with E-state index in [2.05, 4.69) is 4.90 Å². The molecule has 2 rings (SSSR count). The largest absolute Gasteiger partial charge is 0.397 e. The van der Waals surface area contributed by atoms with Crippen LogP contribution in [0.3, 0.4) is 0 Å². The van der Waals surface area contributed by atoms with Gasteiger partial charge in [-0.2, -0.15) is 0 Å². The molecule has 0 spiro atoms. The summed E-state index contributed by atoms with van der Waals surface area (Å²) < 4.78 is 22.5. The lowest BCUT2D eigenvalue weighted by molar-refractivity contribution is 0.577. The van der Waals surface area contributed by atoms with Crippen LogP contribution in [0.25, 0.3) is 0 Å². The number of para-hydroxylation sites is 2. The molecule has 94 valence electrons. The third kappa shape index (κ3) is 3.12. The van der Waals surface area contributed by atoms with Gasteiger partial charge in [0.05, 0.1) is 17.1 Å². The van der Waals surface area contributed by atoms with E-state index < -0.39 is 9.84 Å². The summed E-state index contributed by atoms with van der Waals surface area (Å²) in [6, 6.07) is 7.72. The molecule has 1 atom stereocenters. The molecular formula is C12H18N2O2S. The highest BCUT2D eigenvalue weighted by Gasteiger charge is 2.26. The first kappa shape index (κ1) is 12.2. The Bertz CT molecular complexity index is 499. The fourth-order valence-corrected chi connectivity index (χ4v) is 3.52. The van der Waals surface area contributed by atoms with Crippen molar-refractivity contribution in [1.29, 1.82) is 0 Å². The number of anilines is 2. The van der Waals surface area contributed by atoms with Crippen LogP contribution in [0, 0.1) is 5.92 Å². The molecule has 0 aromatic heterocycles. The third-order valence-electron chi connectivity index (χ3n) is 3.10. The average molecular weight is 254 g/mol. The second kappa shape index (κ2) is 4.56. The van der Waals surface area contributed by atoms with Gasteiger partial charge in [0, 0.05) is 19.3 Å². The Hall–Kier alpha value is -1.23. The van der Waals surface area contributed by atoms with Crippen molar-refractivity contribution in [3.63, 3.8) is 0 Å². The van der Waals surface area contributed by atoms with Gasteiger partial charge in [0.1, 0.15) is 9.84 Å². The van der Waals surface area contributed by atoms with Gasteiger partial charge in [0.15, 0.2) is 0 Å². The molecule has 0 radical (unpaired) electrons. The van der Waals surface area contributed by atoms with E-state index in [1.165, 1.54) is 6.26 Å². The molecule has 4 nitrogen and oxygen atoms in total. The summed E-state index contributed by atoms with van der Waals surface area (Å²) in [5, 5.41) is 0. The molecule has 1 aliphatic rings. The van der Waals surface area contributed by atoms with Gasteiger partial charge in [0.2, 0.25) is 0 Å². The first-order valence-corrected chi connectivity index (χ1v) is 7.79. The van der Waals surface area contributed by atoms with E-state index in [1.807, 2.05) is 24.3 Å². The Labute approximate surface area is 102 Å². The Morgan fingerprint density at radius 2 is 2.12 bits per heavy atom. The highest BCUT2D eigenvalue weighted by atomic mass is 32.2. The summed E-state index contributed by atoms with van der Waals surface area (Å²) in [4.78, 5) is 2.17. The quantitative estimate of drug-likeness (QED) is 0.822.